The highest BCUT2D eigenvalue weighted by Gasteiger charge is 2.41. The Balaban J connectivity index is 1.97. The first kappa shape index (κ1) is 15.0. The summed E-state index contributed by atoms with van der Waals surface area (Å²) in [6.45, 7) is 3.66. The van der Waals surface area contributed by atoms with Crippen LogP contribution in [0.5, 0.6) is 0 Å². The molecule has 2 aromatic rings. The first-order valence-corrected chi connectivity index (χ1v) is 8.38. The van der Waals surface area contributed by atoms with Gasteiger partial charge in [-0.15, -0.1) is 4.57 Å². The highest BCUT2D eigenvalue weighted by Crippen LogP contribution is 2.29. The molecule has 1 aromatic heterocycles. The van der Waals surface area contributed by atoms with Gasteiger partial charge in [-0.3, -0.25) is 9.59 Å². The number of carbonyl (C=O) groups excluding carboxylic acids is 2. The lowest BCUT2D eigenvalue weighted by Crippen LogP contribution is -2.45. The van der Waals surface area contributed by atoms with Crippen molar-refractivity contribution in [2.24, 2.45) is 5.92 Å². The second-order valence-corrected chi connectivity index (χ2v) is 6.82. The third-order valence-corrected chi connectivity index (χ3v) is 4.84. The minimum atomic E-state index is -0.265. The molecule has 0 saturated heterocycles. The predicted octanol–water partition coefficient (Wildman–Crippen LogP) is 2.05. The molecule has 0 saturated carbocycles. The number of hydrogen-bond acceptors (Lipinski definition) is 4. The number of nitrogens with zero attached hydrogens (tertiary/aromatic N) is 2. The molecule has 1 aliphatic carbocycles. The smallest absolute Gasteiger partial charge is 0.276 e. The molecule has 1 aromatic carbocycles. The second-order valence-electron chi connectivity index (χ2n) is 6.82. The van der Waals surface area contributed by atoms with E-state index in [-0.39, 0.29) is 17.6 Å². The van der Waals surface area contributed by atoms with Crippen molar-refractivity contribution in [3.8, 4) is 5.69 Å². The average Bonchev–Trinajstić information content (AvgIpc) is 2.97. The largest absolute Gasteiger partial charge is 0.354 e. The van der Waals surface area contributed by atoms with Gasteiger partial charge in [-0.2, -0.15) is 0 Å². The van der Waals surface area contributed by atoms with Crippen LogP contribution in [-0.2, 0) is 17.6 Å². The quantitative estimate of drug-likeness (QED) is 0.860. The number of Topliss-reactive ketones (excluding diaryl/α,β-unsaturated/α-hetero) is 2. The number of benzene rings is 1. The van der Waals surface area contributed by atoms with E-state index in [4.69, 9.17) is 4.98 Å². The Bertz CT molecular complexity index is 845. The number of hydrogen-bond donors (Lipinski definition) is 1. The van der Waals surface area contributed by atoms with E-state index in [1.807, 2.05) is 34.9 Å². The van der Waals surface area contributed by atoms with Gasteiger partial charge in [-0.25, -0.2) is 4.98 Å². The number of carbonyl (C=O) groups is 2. The summed E-state index contributed by atoms with van der Waals surface area (Å²) < 4.78 is 2.02. The van der Waals surface area contributed by atoms with Crippen LogP contribution in [0.4, 0.5) is 5.82 Å². The third-order valence-electron chi connectivity index (χ3n) is 4.84. The van der Waals surface area contributed by atoms with Crippen molar-refractivity contribution in [3.05, 3.63) is 47.4 Å². The highest BCUT2D eigenvalue weighted by molar-refractivity contribution is 5.95. The number of nitrogens with one attached hydrogen (secondary N) is 1. The van der Waals surface area contributed by atoms with E-state index in [1.54, 1.807) is 6.92 Å². The number of fused-ring (bicyclic) bond motifs is 2. The van der Waals surface area contributed by atoms with Crippen LogP contribution in [0.25, 0.3) is 5.69 Å². The molecular weight excluding hydrogens is 302 g/mol. The fraction of sp³-hybridized carbons (Fsp3) is 0.368. The number of rotatable bonds is 2. The predicted molar refractivity (Wildman–Crippen MR) is 89.4 cm³/mol. The van der Waals surface area contributed by atoms with Gasteiger partial charge in [-0.05, 0) is 19.3 Å². The van der Waals surface area contributed by atoms with E-state index in [0.717, 1.165) is 29.3 Å². The Labute approximate surface area is 140 Å². The van der Waals surface area contributed by atoms with Crippen LogP contribution < -0.4 is 9.88 Å². The Morgan fingerprint density at radius 2 is 1.96 bits per heavy atom. The zero-order chi connectivity index (χ0) is 16.8. The van der Waals surface area contributed by atoms with Crippen molar-refractivity contribution in [2.45, 2.75) is 39.2 Å². The van der Waals surface area contributed by atoms with Gasteiger partial charge in [0.1, 0.15) is 5.69 Å². The zero-order valence-electron chi connectivity index (χ0n) is 13.9. The van der Waals surface area contributed by atoms with Gasteiger partial charge >= 0.3 is 0 Å². The van der Waals surface area contributed by atoms with Crippen LogP contribution in [0.15, 0.2) is 30.3 Å². The minimum absolute atomic E-state index is 0.0882. The molecule has 1 N–H and O–H groups in total. The van der Waals surface area contributed by atoms with E-state index in [9.17, 15) is 9.59 Å². The molecule has 5 nitrogen and oxygen atoms in total. The zero-order valence-corrected chi connectivity index (χ0v) is 13.9. The molecule has 24 heavy (non-hydrogen) atoms. The minimum Gasteiger partial charge on any atom is -0.354 e. The molecule has 2 heterocycles. The summed E-state index contributed by atoms with van der Waals surface area (Å²) >= 11 is 0. The number of para-hydroxylation sites is 1. The highest BCUT2D eigenvalue weighted by atomic mass is 16.1. The summed E-state index contributed by atoms with van der Waals surface area (Å²) in [7, 11) is 0. The van der Waals surface area contributed by atoms with Crippen LogP contribution in [-0.4, -0.2) is 22.6 Å². The molecule has 2 aliphatic rings. The summed E-state index contributed by atoms with van der Waals surface area (Å²) in [4.78, 5) is 29.3. The Morgan fingerprint density at radius 3 is 2.67 bits per heavy atom. The van der Waals surface area contributed by atoms with E-state index in [1.165, 1.54) is 0 Å². The van der Waals surface area contributed by atoms with E-state index in [2.05, 4.69) is 12.2 Å². The van der Waals surface area contributed by atoms with Gasteiger partial charge in [0.15, 0.2) is 11.6 Å². The molecule has 2 atom stereocenters. The molecule has 0 radical (unpaired) electrons. The molecule has 0 spiro atoms. The van der Waals surface area contributed by atoms with Crippen LogP contribution in [0.2, 0.25) is 0 Å². The van der Waals surface area contributed by atoms with Gasteiger partial charge in [0.25, 0.3) is 5.69 Å². The van der Waals surface area contributed by atoms with Crippen molar-refractivity contribution >= 4 is 17.4 Å². The van der Waals surface area contributed by atoms with Crippen molar-refractivity contribution < 1.29 is 14.2 Å². The Morgan fingerprint density at radius 1 is 1.21 bits per heavy atom. The van der Waals surface area contributed by atoms with Crippen LogP contribution in [0.1, 0.15) is 42.1 Å². The lowest BCUT2D eigenvalue weighted by Gasteiger charge is -2.19. The average molecular weight is 322 g/mol. The summed E-state index contributed by atoms with van der Waals surface area (Å²) in [6.07, 6.45) is 1.89. The maximum atomic E-state index is 12.8. The molecule has 0 amide bonds. The van der Waals surface area contributed by atoms with E-state index >= 15 is 0 Å². The SMILES string of the molecule is CC(=O)C1Cc2c(nc3c([n+]2-c2ccccc2)C(=O)CC(C)C3)N1. The number of aromatic nitrogens is 2. The molecule has 5 heteroatoms. The van der Waals surface area contributed by atoms with Gasteiger partial charge in [0.05, 0.1) is 12.5 Å². The van der Waals surface area contributed by atoms with Gasteiger partial charge in [-0.1, -0.05) is 25.1 Å². The maximum absolute atomic E-state index is 12.8. The molecule has 0 fully saturated rings. The summed E-state index contributed by atoms with van der Waals surface area (Å²) in [5.41, 5.74) is 3.38. The molecule has 122 valence electrons. The number of ketones is 2. The lowest BCUT2D eigenvalue weighted by atomic mass is 9.89. The first-order chi connectivity index (χ1) is 11.5. The standard InChI is InChI=1S/C19H19N3O2/c1-11-8-15-18(17(24)9-11)22(13-6-4-3-5-7-13)16-10-14(12(2)23)20-19(16)21-15/h3-7,11,14H,8-10H2,1-2H3/p+1. The van der Waals surface area contributed by atoms with Gasteiger partial charge in [0.2, 0.25) is 17.2 Å². The van der Waals surface area contributed by atoms with Crippen molar-refractivity contribution in [3.63, 3.8) is 0 Å². The normalized spacial score (nSPS) is 21.8. The van der Waals surface area contributed by atoms with Crippen LogP contribution >= 0.6 is 0 Å². The monoisotopic (exact) mass is 322 g/mol. The summed E-state index contributed by atoms with van der Waals surface area (Å²) in [5.74, 6) is 1.25. The molecular formula is C19H20N3O2+. The fourth-order valence-corrected chi connectivity index (χ4v) is 3.69. The molecule has 0 bridgehead atoms. The van der Waals surface area contributed by atoms with Gasteiger partial charge in [0, 0.05) is 18.6 Å². The summed E-state index contributed by atoms with van der Waals surface area (Å²) in [6, 6.07) is 9.60. The van der Waals surface area contributed by atoms with Crippen molar-refractivity contribution in [1.82, 2.24) is 4.98 Å². The maximum Gasteiger partial charge on any atom is 0.276 e. The summed E-state index contributed by atoms with van der Waals surface area (Å²) in [5, 5.41) is 3.23. The third kappa shape index (κ3) is 2.31. The van der Waals surface area contributed by atoms with Crippen LogP contribution in [0.3, 0.4) is 0 Å². The van der Waals surface area contributed by atoms with E-state index in [0.29, 0.717) is 24.5 Å². The second kappa shape index (κ2) is 5.51. The van der Waals surface area contributed by atoms with E-state index < -0.39 is 0 Å². The first-order valence-electron chi connectivity index (χ1n) is 8.38. The molecule has 4 rings (SSSR count). The Kier molecular flexibility index (Phi) is 3.44. The number of anilines is 1. The molecule has 2 unspecified atom stereocenters. The van der Waals surface area contributed by atoms with Crippen molar-refractivity contribution in [2.75, 3.05) is 5.32 Å². The lowest BCUT2D eigenvalue weighted by molar-refractivity contribution is -0.606. The van der Waals surface area contributed by atoms with Gasteiger partial charge < -0.3 is 5.32 Å². The molecule has 1 aliphatic heterocycles. The topological polar surface area (TPSA) is 62.9 Å². The van der Waals surface area contributed by atoms with Crippen LogP contribution in [0, 0.1) is 5.92 Å². The Hall–Kier alpha value is -2.56. The fourth-order valence-electron chi connectivity index (χ4n) is 3.69. The van der Waals surface area contributed by atoms with Crippen molar-refractivity contribution in [1.29, 1.82) is 0 Å².